The molecule has 2 heterocycles. The second-order valence-corrected chi connectivity index (χ2v) is 7.87. The van der Waals surface area contributed by atoms with Crippen molar-refractivity contribution in [2.75, 3.05) is 11.1 Å². The van der Waals surface area contributed by atoms with Crippen molar-refractivity contribution in [1.29, 1.82) is 0 Å². The minimum atomic E-state index is -0.640. The first-order valence-electron chi connectivity index (χ1n) is 8.59. The van der Waals surface area contributed by atoms with Crippen LogP contribution in [0.15, 0.2) is 47.6 Å². The van der Waals surface area contributed by atoms with E-state index in [1.807, 2.05) is 31.2 Å². The number of carbonyl (C=O) groups is 1. The minimum absolute atomic E-state index is 0.0589. The van der Waals surface area contributed by atoms with E-state index in [0.717, 1.165) is 17.0 Å². The number of hydrogen-bond donors (Lipinski definition) is 2. The van der Waals surface area contributed by atoms with E-state index in [2.05, 4.69) is 15.7 Å². The number of nitrogens with zero attached hydrogens (tertiary/aromatic N) is 3. The highest BCUT2D eigenvalue weighted by Gasteiger charge is 2.42. The van der Waals surface area contributed by atoms with Crippen LogP contribution >= 0.6 is 23.4 Å². The van der Waals surface area contributed by atoms with Crippen molar-refractivity contribution in [3.63, 3.8) is 0 Å². The molecule has 0 saturated carbocycles. The van der Waals surface area contributed by atoms with Gasteiger partial charge in [0.1, 0.15) is 11.2 Å². The van der Waals surface area contributed by atoms with E-state index in [9.17, 15) is 14.9 Å². The number of rotatable bonds is 3. The molecule has 0 radical (unpaired) electrons. The Morgan fingerprint density at radius 3 is 2.86 bits per heavy atom. The topological polar surface area (TPSA) is 99.9 Å². The van der Waals surface area contributed by atoms with Crippen LogP contribution in [-0.2, 0) is 4.79 Å². The fourth-order valence-electron chi connectivity index (χ4n) is 3.33. The Hall–Kier alpha value is -2.78. The molecule has 2 aliphatic rings. The van der Waals surface area contributed by atoms with Crippen LogP contribution in [0, 0.1) is 10.1 Å². The van der Waals surface area contributed by atoms with E-state index in [-0.39, 0.29) is 16.6 Å². The maximum absolute atomic E-state index is 12.9. The first kappa shape index (κ1) is 18.6. The van der Waals surface area contributed by atoms with Crippen molar-refractivity contribution in [3.8, 4) is 0 Å². The molecule has 0 bridgehead atoms. The number of nitro benzene ring substituents is 1. The molecule has 0 spiro atoms. The number of hydrazone groups is 1. The van der Waals surface area contributed by atoms with E-state index < -0.39 is 17.1 Å². The molecular formula is C18H16ClN5O3S. The first-order chi connectivity index (χ1) is 13.5. The number of halogens is 1. The summed E-state index contributed by atoms with van der Waals surface area (Å²) in [5.74, 6) is 0.562. The SMILES string of the molecule is CCSC1=NN2[C@@H](c3ccc(Cl)c([N+](=O)[O-])c3)Nc3ccccc3[C@H]2C(=O)N1. The Bertz CT molecular complexity index is 999. The van der Waals surface area contributed by atoms with Crippen LogP contribution in [0.4, 0.5) is 11.4 Å². The number of fused-ring (bicyclic) bond motifs is 3. The van der Waals surface area contributed by atoms with E-state index >= 15 is 0 Å². The Labute approximate surface area is 170 Å². The second kappa shape index (κ2) is 7.33. The normalized spacial score (nSPS) is 20.4. The highest BCUT2D eigenvalue weighted by Crippen LogP contribution is 2.43. The molecule has 0 aromatic heterocycles. The lowest BCUT2D eigenvalue weighted by Crippen LogP contribution is -2.50. The van der Waals surface area contributed by atoms with Gasteiger partial charge in [-0.15, -0.1) is 5.10 Å². The van der Waals surface area contributed by atoms with Crippen LogP contribution < -0.4 is 10.6 Å². The van der Waals surface area contributed by atoms with E-state index in [0.29, 0.717) is 10.7 Å². The number of hydrogen-bond acceptors (Lipinski definition) is 7. The summed E-state index contributed by atoms with van der Waals surface area (Å²) in [6.07, 6.45) is -0.561. The summed E-state index contributed by atoms with van der Waals surface area (Å²) in [4.78, 5) is 23.7. The molecule has 0 saturated heterocycles. The number of amidine groups is 1. The second-order valence-electron chi connectivity index (χ2n) is 6.21. The highest BCUT2D eigenvalue weighted by molar-refractivity contribution is 8.13. The Morgan fingerprint density at radius 1 is 1.32 bits per heavy atom. The van der Waals surface area contributed by atoms with Crippen molar-refractivity contribution in [1.82, 2.24) is 10.3 Å². The smallest absolute Gasteiger partial charge is 0.288 e. The summed E-state index contributed by atoms with van der Waals surface area (Å²) in [5, 5.41) is 24.3. The predicted octanol–water partition coefficient (Wildman–Crippen LogP) is 3.87. The van der Waals surface area contributed by atoms with Crippen molar-refractivity contribution in [2.45, 2.75) is 19.1 Å². The van der Waals surface area contributed by atoms with Crippen molar-refractivity contribution < 1.29 is 9.72 Å². The third kappa shape index (κ3) is 3.16. The van der Waals surface area contributed by atoms with Gasteiger partial charge in [-0.25, -0.2) is 0 Å². The minimum Gasteiger partial charge on any atom is -0.360 e. The van der Waals surface area contributed by atoms with Gasteiger partial charge in [-0.1, -0.05) is 54.6 Å². The molecule has 2 aromatic carbocycles. The number of nitrogens with one attached hydrogen (secondary N) is 2. The maximum Gasteiger partial charge on any atom is 0.288 e. The zero-order valence-electron chi connectivity index (χ0n) is 14.8. The van der Waals surface area contributed by atoms with Gasteiger partial charge in [-0.2, -0.15) is 0 Å². The molecule has 1 amide bonds. The van der Waals surface area contributed by atoms with Gasteiger partial charge in [-0.3, -0.25) is 19.9 Å². The molecule has 144 valence electrons. The number of nitro groups is 1. The predicted molar refractivity (Wildman–Crippen MR) is 109 cm³/mol. The lowest BCUT2D eigenvalue weighted by molar-refractivity contribution is -0.384. The Morgan fingerprint density at radius 2 is 2.11 bits per heavy atom. The van der Waals surface area contributed by atoms with Crippen molar-refractivity contribution in [2.24, 2.45) is 5.10 Å². The van der Waals surface area contributed by atoms with E-state index in [4.69, 9.17) is 11.6 Å². The maximum atomic E-state index is 12.9. The Kier molecular flexibility index (Phi) is 4.86. The monoisotopic (exact) mass is 417 g/mol. The molecule has 0 aliphatic carbocycles. The zero-order valence-corrected chi connectivity index (χ0v) is 16.3. The summed E-state index contributed by atoms with van der Waals surface area (Å²) in [6, 6.07) is 11.4. The Balaban J connectivity index is 1.85. The van der Waals surface area contributed by atoms with Crippen LogP contribution in [0.5, 0.6) is 0 Å². The summed E-state index contributed by atoms with van der Waals surface area (Å²) in [6.45, 7) is 1.97. The van der Waals surface area contributed by atoms with Gasteiger partial charge in [-0.05, 0) is 17.9 Å². The molecule has 8 nitrogen and oxygen atoms in total. The molecule has 4 rings (SSSR count). The average Bonchev–Trinajstić information content (AvgIpc) is 2.67. The van der Waals surface area contributed by atoms with Crippen LogP contribution in [-0.4, -0.2) is 26.8 Å². The van der Waals surface area contributed by atoms with Crippen LogP contribution in [0.1, 0.15) is 30.3 Å². The van der Waals surface area contributed by atoms with Gasteiger partial charge in [0.15, 0.2) is 11.2 Å². The molecule has 2 aromatic rings. The fourth-order valence-corrected chi connectivity index (χ4v) is 4.11. The largest absolute Gasteiger partial charge is 0.360 e. The molecule has 0 unspecified atom stereocenters. The van der Waals surface area contributed by atoms with Gasteiger partial charge in [0.25, 0.3) is 11.6 Å². The molecule has 0 fully saturated rings. The number of benzene rings is 2. The van der Waals surface area contributed by atoms with Gasteiger partial charge in [0.2, 0.25) is 0 Å². The van der Waals surface area contributed by atoms with E-state index in [1.54, 1.807) is 11.1 Å². The fraction of sp³-hybridized carbons (Fsp3) is 0.222. The van der Waals surface area contributed by atoms with Gasteiger partial charge in [0, 0.05) is 22.9 Å². The lowest BCUT2D eigenvalue weighted by Gasteiger charge is -2.43. The number of para-hydroxylation sites is 1. The zero-order chi connectivity index (χ0) is 19.8. The van der Waals surface area contributed by atoms with Crippen molar-refractivity contribution in [3.05, 3.63) is 68.7 Å². The number of amides is 1. The molecule has 10 heteroatoms. The summed E-state index contributed by atoms with van der Waals surface area (Å²) >= 11 is 7.39. The quantitative estimate of drug-likeness (QED) is 0.580. The number of anilines is 1. The lowest BCUT2D eigenvalue weighted by atomic mass is 9.97. The summed E-state index contributed by atoms with van der Waals surface area (Å²) < 4.78 is 0. The van der Waals surface area contributed by atoms with Crippen LogP contribution in [0.25, 0.3) is 0 Å². The third-order valence-corrected chi connectivity index (χ3v) is 5.59. The van der Waals surface area contributed by atoms with Crippen molar-refractivity contribution >= 4 is 45.8 Å². The number of carbonyl (C=O) groups excluding carboxylic acids is 1. The molecule has 2 N–H and O–H groups in total. The first-order valence-corrected chi connectivity index (χ1v) is 9.96. The molecular weight excluding hydrogens is 402 g/mol. The highest BCUT2D eigenvalue weighted by atomic mass is 35.5. The van der Waals surface area contributed by atoms with Gasteiger partial charge < -0.3 is 10.6 Å². The standard InChI is InChI=1S/C18H16ClN5O3S/c1-2-28-18-21-17(25)15-11-5-3-4-6-13(11)20-16(23(15)22-18)10-7-8-12(19)14(9-10)24(26)27/h3-9,15-16,20H,2H2,1H3,(H,21,22,25)/t15-,16-/m0/s1. The molecule has 2 aliphatic heterocycles. The average molecular weight is 418 g/mol. The van der Waals surface area contributed by atoms with Gasteiger partial charge in [0.05, 0.1) is 4.92 Å². The summed E-state index contributed by atoms with van der Waals surface area (Å²) in [7, 11) is 0. The summed E-state index contributed by atoms with van der Waals surface area (Å²) in [5.41, 5.74) is 1.98. The van der Waals surface area contributed by atoms with Crippen LogP contribution in [0.3, 0.4) is 0 Å². The number of thioether (sulfide) groups is 1. The molecule has 28 heavy (non-hydrogen) atoms. The van der Waals surface area contributed by atoms with E-state index in [1.165, 1.54) is 23.9 Å². The molecule has 2 atom stereocenters. The van der Waals surface area contributed by atoms with Gasteiger partial charge >= 0.3 is 0 Å². The third-order valence-electron chi connectivity index (χ3n) is 4.53. The van der Waals surface area contributed by atoms with Crippen LogP contribution in [0.2, 0.25) is 5.02 Å².